The number of amides is 1. The van der Waals surface area contributed by atoms with E-state index in [0.717, 1.165) is 18.8 Å². The molecule has 1 aliphatic carbocycles. The maximum Gasteiger partial charge on any atom is 0.394 e. The Balaban J connectivity index is 1.47. The summed E-state index contributed by atoms with van der Waals surface area (Å²) < 4.78 is 51.1. The molecule has 0 bridgehead atoms. The zero-order chi connectivity index (χ0) is 21.4. The average Bonchev–Trinajstić information content (AvgIpc) is 3.45. The van der Waals surface area contributed by atoms with Crippen LogP contribution in [0.4, 0.5) is 23.7 Å². The van der Waals surface area contributed by atoms with Crippen molar-refractivity contribution in [3.8, 4) is 6.01 Å². The number of nitrogens with one attached hydrogen (secondary N) is 1. The van der Waals surface area contributed by atoms with E-state index in [1.165, 1.54) is 11.7 Å². The topological polar surface area (TPSA) is 68.6 Å². The maximum absolute atomic E-state index is 13.0. The highest BCUT2D eigenvalue weighted by Gasteiger charge is 2.62. The molecular formula is C20H25F3N4O3. The Morgan fingerprint density at radius 3 is 2.67 bits per heavy atom. The van der Waals surface area contributed by atoms with Crippen LogP contribution in [0, 0.1) is 5.41 Å². The smallest absolute Gasteiger partial charge is 0.394 e. The molecule has 1 aromatic heterocycles. The quantitative estimate of drug-likeness (QED) is 0.716. The average molecular weight is 426 g/mol. The number of ether oxygens (including phenoxy) is 2. The summed E-state index contributed by atoms with van der Waals surface area (Å²) in [6.07, 6.45) is -3.53. The predicted molar refractivity (Wildman–Crippen MR) is 105 cm³/mol. The van der Waals surface area contributed by atoms with Crippen molar-refractivity contribution in [1.82, 2.24) is 14.9 Å². The number of aromatic nitrogens is 2. The van der Waals surface area contributed by atoms with Gasteiger partial charge < -0.3 is 19.7 Å². The number of imidazole rings is 1. The summed E-state index contributed by atoms with van der Waals surface area (Å²) in [7, 11) is 1.42. The zero-order valence-electron chi connectivity index (χ0n) is 16.8. The van der Waals surface area contributed by atoms with Crippen molar-refractivity contribution < 1.29 is 27.4 Å². The van der Waals surface area contributed by atoms with Crippen LogP contribution in [-0.4, -0.2) is 61.7 Å². The lowest BCUT2D eigenvalue weighted by Crippen LogP contribution is -2.36. The second-order valence-corrected chi connectivity index (χ2v) is 7.82. The van der Waals surface area contributed by atoms with Crippen LogP contribution in [0.5, 0.6) is 6.01 Å². The lowest BCUT2D eigenvalue weighted by molar-refractivity contribution is -0.189. The summed E-state index contributed by atoms with van der Waals surface area (Å²) in [5.74, 6) is 0. The van der Waals surface area contributed by atoms with Gasteiger partial charge in [-0.05, 0) is 43.9 Å². The van der Waals surface area contributed by atoms with E-state index < -0.39 is 17.6 Å². The van der Waals surface area contributed by atoms with Crippen molar-refractivity contribution >= 4 is 22.8 Å². The molecule has 1 saturated carbocycles. The van der Waals surface area contributed by atoms with Crippen molar-refractivity contribution in [3.63, 3.8) is 0 Å². The number of benzene rings is 1. The number of carbonyl (C=O) groups is 1. The lowest BCUT2D eigenvalue weighted by Gasteiger charge is -2.28. The first-order valence-electron chi connectivity index (χ1n) is 10.1. The number of rotatable bonds is 6. The van der Waals surface area contributed by atoms with Gasteiger partial charge in [0.05, 0.1) is 36.8 Å². The van der Waals surface area contributed by atoms with Crippen molar-refractivity contribution in [1.29, 1.82) is 0 Å². The summed E-state index contributed by atoms with van der Waals surface area (Å²) in [6, 6.07) is 5.31. The maximum atomic E-state index is 13.0. The van der Waals surface area contributed by atoms with Gasteiger partial charge >= 0.3 is 18.2 Å². The zero-order valence-corrected chi connectivity index (χ0v) is 16.8. The number of hydrogen-bond donors (Lipinski definition) is 1. The standard InChI is InChI=1S/C20H25F3N4O3/c1-29-18-25-15-4-3-14(26-9-11-30-12-10-26)13-16(15)27(18)17(28)24-8-2-5-19(6-7-19)20(21,22)23/h3-4,13H,2,5-12H2,1H3,(H,24,28). The van der Waals surface area contributed by atoms with Crippen LogP contribution in [0.15, 0.2) is 18.2 Å². The molecule has 0 atom stereocenters. The minimum absolute atomic E-state index is 0.0275. The van der Waals surface area contributed by atoms with Gasteiger partial charge in [-0.1, -0.05) is 0 Å². The van der Waals surface area contributed by atoms with Gasteiger partial charge in [0.1, 0.15) is 0 Å². The highest BCUT2D eigenvalue weighted by Crippen LogP contribution is 2.60. The molecule has 2 aliphatic rings. The number of hydrogen-bond acceptors (Lipinski definition) is 5. The molecule has 2 aromatic rings. The molecule has 2 heterocycles. The molecule has 7 nitrogen and oxygen atoms in total. The fourth-order valence-corrected chi connectivity index (χ4v) is 3.92. The molecule has 1 amide bonds. The Hall–Kier alpha value is -2.49. The SMILES string of the molecule is COc1nc2ccc(N3CCOCC3)cc2n1C(=O)NCCCC1(C(F)(F)F)CC1. The number of fused-ring (bicyclic) bond motifs is 1. The van der Waals surface area contributed by atoms with Gasteiger partial charge in [0.25, 0.3) is 0 Å². The van der Waals surface area contributed by atoms with Gasteiger partial charge in [0.15, 0.2) is 0 Å². The van der Waals surface area contributed by atoms with Crippen LogP contribution in [0.3, 0.4) is 0 Å². The molecule has 1 N–H and O–H groups in total. The van der Waals surface area contributed by atoms with Crippen LogP contribution >= 0.6 is 0 Å². The van der Waals surface area contributed by atoms with Crippen LogP contribution in [-0.2, 0) is 4.74 Å². The van der Waals surface area contributed by atoms with E-state index >= 15 is 0 Å². The molecule has 1 aliphatic heterocycles. The molecule has 1 saturated heterocycles. The third-order valence-corrected chi connectivity index (χ3v) is 5.93. The van der Waals surface area contributed by atoms with Gasteiger partial charge in [-0.25, -0.2) is 9.36 Å². The Morgan fingerprint density at radius 1 is 1.30 bits per heavy atom. The van der Waals surface area contributed by atoms with Crippen molar-refractivity contribution in [2.24, 2.45) is 5.41 Å². The lowest BCUT2D eigenvalue weighted by atomic mass is 10.00. The largest absolute Gasteiger partial charge is 0.468 e. The Bertz CT molecular complexity index is 918. The molecule has 4 rings (SSSR count). The van der Waals surface area contributed by atoms with Crippen LogP contribution < -0.4 is 15.0 Å². The first kappa shape index (κ1) is 20.8. The van der Waals surface area contributed by atoms with Crippen molar-refractivity contribution in [2.45, 2.75) is 31.9 Å². The molecule has 10 heteroatoms. The van der Waals surface area contributed by atoms with Gasteiger partial charge in [-0.3, -0.25) is 0 Å². The molecule has 0 spiro atoms. The van der Waals surface area contributed by atoms with Crippen molar-refractivity contribution in [2.75, 3.05) is 44.9 Å². The molecule has 0 unspecified atom stereocenters. The van der Waals surface area contributed by atoms with E-state index in [0.29, 0.717) is 24.2 Å². The summed E-state index contributed by atoms with van der Waals surface area (Å²) in [6.45, 7) is 2.94. The van der Waals surface area contributed by atoms with E-state index in [9.17, 15) is 18.0 Å². The Morgan fingerprint density at radius 2 is 2.03 bits per heavy atom. The van der Waals surface area contributed by atoms with Gasteiger partial charge in [0.2, 0.25) is 0 Å². The second-order valence-electron chi connectivity index (χ2n) is 7.82. The molecular weight excluding hydrogens is 401 g/mol. The monoisotopic (exact) mass is 426 g/mol. The van der Waals surface area contributed by atoms with E-state index in [1.807, 2.05) is 18.2 Å². The summed E-state index contributed by atoms with van der Waals surface area (Å²) in [5, 5.41) is 2.71. The molecule has 1 aromatic carbocycles. The predicted octanol–water partition coefficient (Wildman–Crippen LogP) is 3.56. The fraction of sp³-hybridized carbons (Fsp3) is 0.600. The minimum Gasteiger partial charge on any atom is -0.468 e. The van der Waals surface area contributed by atoms with Gasteiger partial charge in [-0.2, -0.15) is 18.2 Å². The van der Waals surface area contributed by atoms with E-state index in [4.69, 9.17) is 9.47 Å². The van der Waals surface area contributed by atoms with Gasteiger partial charge in [-0.15, -0.1) is 0 Å². The molecule has 0 radical (unpaired) electrons. The third-order valence-electron chi connectivity index (χ3n) is 5.93. The summed E-state index contributed by atoms with van der Waals surface area (Å²) in [4.78, 5) is 19.3. The Labute approximate surface area is 172 Å². The minimum atomic E-state index is -4.17. The highest BCUT2D eigenvalue weighted by atomic mass is 19.4. The number of methoxy groups -OCH3 is 1. The molecule has 30 heavy (non-hydrogen) atoms. The van der Waals surface area contributed by atoms with Gasteiger partial charge in [0, 0.05) is 25.3 Å². The Kier molecular flexibility index (Phi) is 5.52. The van der Waals surface area contributed by atoms with Crippen molar-refractivity contribution in [3.05, 3.63) is 18.2 Å². The first-order chi connectivity index (χ1) is 14.3. The highest BCUT2D eigenvalue weighted by molar-refractivity contribution is 5.92. The van der Waals surface area contributed by atoms with Crippen LogP contribution in [0.25, 0.3) is 11.0 Å². The fourth-order valence-electron chi connectivity index (χ4n) is 3.92. The number of anilines is 1. The second kappa shape index (κ2) is 7.98. The van der Waals surface area contributed by atoms with E-state index in [1.54, 1.807) is 0 Å². The number of carbonyl (C=O) groups excluding carboxylic acids is 1. The normalized spacial score (nSPS) is 18.5. The van der Waals surface area contributed by atoms with Crippen LogP contribution in [0.2, 0.25) is 0 Å². The van der Waals surface area contributed by atoms with E-state index in [-0.39, 0.29) is 38.2 Å². The number of alkyl halides is 3. The first-order valence-corrected chi connectivity index (χ1v) is 10.1. The summed E-state index contributed by atoms with van der Waals surface area (Å²) in [5.41, 5.74) is 0.586. The summed E-state index contributed by atoms with van der Waals surface area (Å²) >= 11 is 0. The molecule has 164 valence electrons. The molecule has 2 fully saturated rings. The number of halogens is 3. The third kappa shape index (κ3) is 3.92. The number of morpholine rings is 1. The number of nitrogens with zero attached hydrogens (tertiary/aromatic N) is 3. The van der Waals surface area contributed by atoms with Crippen LogP contribution in [0.1, 0.15) is 25.7 Å². The van der Waals surface area contributed by atoms with E-state index in [2.05, 4.69) is 15.2 Å².